The van der Waals surface area contributed by atoms with Crippen molar-refractivity contribution in [2.24, 2.45) is 0 Å². The Kier molecular flexibility index (Phi) is 6.00. The third-order valence-corrected chi connectivity index (χ3v) is 3.82. The molecule has 1 saturated heterocycles. The lowest BCUT2D eigenvalue weighted by molar-refractivity contribution is -0.154. The maximum Gasteiger partial charge on any atom is 0.422 e. The number of likely N-dealkylation sites (N-methyl/N-ethyl adjacent to an activating group) is 2. The predicted molar refractivity (Wildman–Crippen MR) is 82.0 cm³/mol. The highest BCUT2D eigenvalue weighted by atomic mass is 19.4. The largest absolute Gasteiger partial charge is 0.468 e. The van der Waals surface area contributed by atoms with Crippen LogP contribution in [0.15, 0.2) is 18.2 Å². The predicted octanol–water partition coefficient (Wildman–Crippen LogP) is 0.998. The second-order valence-electron chi connectivity index (χ2n) is 5.87. The number of amides is 1. The second-order valence-corrected chi connectivity index (χ2v) is 5.87. The van der Waals surface area contributed by atoms with Gasteiger partial charge in [-0.2, -0.15) is 13.2 Å². The molecule has 0 unspecified atom stereocenters. The molecule has 0 spiro atoms. The number of nitrogens with zero attached hydrogens (tertiary/aromatic N) is 3. The van der Waals surface area contributed by atoms with E-state index in [9.17, 15) is 18.0 Å². The number of carbonyl (C=O) groups excluding carboxylic acids is 1. The zero-order valence-corrected chi connectivity index (χ0v) is 13.6. The lowest BCUT2D eigenvalue weighted by Crippen LogP contribution is -2.54. The first kappa shape index (κ1) is 18.5. The van der Waals surface area contributed by atoms with E-state index in [2.05, 4.69) is 24.8 Å². The molecule has 1 aliphatic heterocycles. The molecule has 1 N–H and O–H groups in total. The molecule has 1 amide bonds. The summed E-state index contributed by atoms with van der Waals surface area (Å²) in [5.41, 5.74) is 0.0292. The van der Waals surface area contributed by atoms with Gasteiger partial charge in [0, 0.05) is 38.3 Å². The number of rotatable bonds is 5. The Labute approximate surface area is 138 Å². The van der Waals surface area contributed by atoms with Gasteiger partial charge < -0.3 is 15.0 Å². The maximum atomic E-state index is 12.2. The zero-order valence-electron chi connectivity index (χ0n) is 13.6. The molecule has 1 atom stereocenters. The second kappa shape index (κ2) is 7.80. The molecule has 1 aliphatic rings. The lowest BCUT2D eigenvalue weighted by atomic mass is 10.2. The van der Waals surface area contributed by atoms with Crippen molar-refractivity contribution in [1.29, 1.82) is 0 Å². The molecule has 6 nitrogen and oxygen atoms in total. The minimum atomic E-state index is -4.45. The molecule has 0 aliphatic carbocycles. The number of aromatic nitrogens is 1. The van der Waals surface area contributed by atoms with Gasteiger partial charge in [0.25, 0.3) is 5.91 Å². The fourth-order valence-corrected chi connectivity index (χ4v) is 2.40. The molecule has 0 bridgehead atoms. The van der Waals surface area contributed by atoms with E-state index in [1.807, 2.05) is 14.1 Å². The van der Waals surface area contributed by atoms with Crippen molar-refractivity contribution < 1.29 is 22.7 Å². The maximum absolute atomic E-state index is 12.2. The molecule has 24 heavy (non-hydrogen) atoms. The summed E-state index contributed by atoms with van der Waals surface area (Å²) in [6, 6.07) is 4.34. The standard InChI is InChI=1S/C15H21F3N4O2/c1-21-6-7-22(2)11(9-21)8-19-14(23)12-4-3-5-13(20-12)24-10-15(16,17)18/h3-5,11H,6-10H2,1-2H3,(H,19,23)/t11-/m1/s1. The number of ether oxygens (including phenoxy) is 1. The Hall–Kier alpha value is -1.87. The highest BCUT2D eigenvalue weighted by Crippen LogP contribution is 2.17. The molecule has 2 rings (SSSR count). The van der Waals surface area contributed by atoms with E-state index < -0.39 is 18.7 Å². The van der Waals surface area contributed by atoms with Crippen molar-refractivity contribution >= 4 is 5.91 Å². The Morgan fingerprint density at radius 3 is 2.83 bits per heavy atom. The Balaban J connectivity index is 1.90. The van der Waals surface area contributed by atoms with Crippen LogP contribution in [0.3, 0.4) is 0 Å². The first-order valence-electron chi connectivity index (χ1n) is 7.58. The van der Waals surface area contributed by atoms with Crippen molar-refractivity contribution in [1.82, 2.24) is 20.1 Å². The lowest BCUT2D eigenvalue weighted by Gasteiger charge is -2.37. The van der Waals surface area contributed by atoms with Crippen molar-refractivity contribution in [3.8, 4) is 5.88 Å². The molecule has 0 saturated carbocycles. The first-order chi connectivity index (χ1) is 11.2. The van der Waals surface area contributed by atoms with Gasteiger partial charge in [-0.25, -0.2) is 4.98 Å². The van der Waals surface area contributed by atoms with Gasteiger partial charge >= 0.3 is 6.18 Å². The van der Waals surface area contributed by atoms with E-state index in [0.29, 0.717) is 6.54 Å². The van der Waals surface area contributed by atoms with Gasteiger partial charge in [0.15, 0.2) is 6.61 Å². The summed E-state index contributed by atoms with van der Waals surface area (Å²) >= 11 is 0. The van der Waals surface area contributed by atoms with Gasteiger partial charge in [-0.3, -0.25) is 9.69 Å². The van der Waals surface area contributed by atoms with Crippen LogP contribution >= 0.6 is 0 Å². The van der Waals surface area contributed by atoms with Gasteiger partial charge in [0.1, 0.15) is 5.69 Å². The Morgan fingerprint density at radius 2 is 2.12 bits per heavy atom. The molecule has 1 fully saturated rings. The number of hydrogen-bond donors (Lipinski definition) is 1. The Morgan fingerprint density at radius 1 is 1.38 bits per heavy atom. The number of alkyl halides is 3. The number of pyridine rings is 1. The monoisotopic (exact) mass is 346 g/mol. The molecular formula is C15H21F3N4O2. The van der Waals surface area contributed by atoms with Crippen LogP contribution in [0.5, 0.6) is 5.88 Å². The SMILES string of the molecule is CN1CCN(C)[C@H](CNC(=O)c2cccc(OCC(F)(F)F)n2)C1. The third kappa shape index (κ3) is 5.64. The minimum Gasteiger partial charge on any atom is -0.468 e. The molecule has 0 radical (unpaired) electrons. The highest BCUT2D eigenvalue weighted by molar-refractivity contribution is 5.92. The smallest absolute Gasteiger partial charge is 0.422 e. The van der Waals surface area contributed by atoms with Crippen LogP contribution in [0, 0.1) is 0 Å². The fourth-order valence-electron chi connectivity index (χ4n) is 2.40. The summed E-state index contributed by atoms with van der Waals surface area (Å²) < 4.78 is 41.0. The summed E-state index contributed by atoms with van der Waals surface area (Å²) in [4.78, 5) is 20.3. The number of carbonyl (C=O) groups is 1. The van der Waals surface area contributed by atoms with Gasteiger partial charge in [-0.1, -0.05) is 6.07 Å². The van der Waals surface area contributed by atoms with Gasteiger partial charge in [-0.15, -0.1) is 0 Å². The quantitative estimate of drug-likeness (QED) is 0.862. The summed E-state index contributed by atoms with van der Waals surface area (Å²) in [6.07, 6.45) is -4.45. The molecule has 134 valence electrons. The van der Waals surface area contributed by atoms with Crippen LogP contribution < -0.4 is 10.1 Å². The van der Waals surface area contributed by atoms with E-state index in [-0.39, 0.29) is 17.6 Å². The normalized spacial score (nSPS) is 20.0. The van der Waals surface area contributed by atoms with Crippen LogP contribution in [0.1, 0.15) is 10.5 Å². The van der Waals surface area contributed by atoms with Gasteiger partial charge in [0.2, 0.25) is 5.88 Å². The number of halogens is 3. The van der Waals surface area contributed by atoms with E-state index in [4.69, 9.17) is 0 Å². The molecule has 2 heterocycles. The summed E-state index contributed by atoms with van der Waals surface area (Å²) in [7, 11) is 4.01. The molecule has 9 heteroatoms. The number of nitrogens with one attached hydrogen (secondary N) is 1. The van der Waals surface area contributed by atoms with Crippen molar-refractivity contribution in [2.75, 3.05) is 46.9 Å². The number of hydrogen-bond acceptors (Lipinski definition) is 5. The molecule has 1 aromatic heterocycles. The topological polar surface area (TPSA) is 57.7 Å². The van der Waals surface area contributed by atoms with E-state index in [1.165, 1.54) is 18.2 Å². The van der Waals surface area contributed by atoms with Gasteiger partial charge in [-0.05, 0) is 20.2 Å². The fraction of sp³-hybridized carbons (Fsp3) is 0.600. The molecule has 0 aromatic carbocycles. The van der Waals surface area contributed by atoms with Crippen LogP contribution in [0.25, 0.3) is 0 Å². The molecule has 1 aromatic rings. The van der Waals surface area contributed by atoms with Crippen molar-refractivity contribution in [3.05, 3.63) is 23.9 Å². The summed E-state index contributed by atoms with van der Waals surface area (Å²) in [6.45, 7) is 1.72. The Bertz CT molecular complexity index is 568. The van der Waals surface area contributed by atoms with Crippen LogP contribution in [-0.2, 0) is 0 Å². The minimum absolute atomic E-state index is 0.0292. The van der Waals surface area contributed by atoms with Crippen molar-refractivity contribution in [3.63, 3.8) is 0 Å². The van der Waals surface area contributed by atoms with Gasteiger partial charge in [0.05, 0.1) is 0 Å². The average Bonchev–Trinajstić information content (AvgIpc) is 2.53. The average molecular weight is 346 g/mol. The third-order valence-electron chi connectivity index (χ3n) is 3.82. The van der Waals surface area contributed by atoms with E-state index in [1.54, 1.807) is 0 Å². The van der Waals surface area contributed by atoms with Crippen LogP contribution in [-0.4, -0.2) is 79.8 Å². The summed E-state index contributed by atoms with van der Waals surface area (Å²) in [5, 5.41) is 2.77. The van der Waals surface area contributed by atoms with Crippen LogP contribution in [0.4, 0.5) is 13.2 Å². The number of piperazine rings is 1. The first-order valence-corrected chi connectivity index (χ1v) is 7.58. The highest BCUT2D eigenvalue weighted by Gasteiger charge is 2.29. The molecular weight excluding hydrogens is 325 g/mol. The van der Waals surface area contributed by atoms with E-state index in [0.717, 1.165) is 19.6 Å². The van der Waals surface area contributed by atoms with Crippen LogP contribution in [0.2, 0.25) is 0 Å². The zero-order chi connectivity index (χ0) is 17.7. The summed E-state index contributed by atoms with van der Waals surface area (Å²) in [5.74, 6) is -0.663. The van der Waals surface area contributed by atoms with Crippen molar-refractivity contribution in [2.45, 2.75) is 12.2 Å². The van der Waals surface area contributed by atoms with E-state index >= 15 is 0 Å².